The fraction of sp³-hybridized carbons (Fsp3) is 0.500. The van der Waals surface area contributed by atoms with Crippen LogP contribution in [0.3, 0.4) is 0 Å². The third-order valence-corrected chi connectivity index (χ3v) is 5.21. The van der Waals surface area contributed by atoms with Crippen LogP contribution in [0.2, 0.25) is 0 Å². The quantitative estimate of drug-likeness (QED) is 0.908. The van der Waals surface area contributed by atoms with Crippen molar-refractivity contribution in [2.75, 3.05) is 5.73 Å². The van der Waals surface area contributed by atoms with Gasteiger partial charge in [-0.15, -0.1) is 0 Å². The van der Waals surface area contributed by atoms with Crippen LogP contribution in [0.1, 0.15) is 31.2 Å². The van der Waals surface area contributed by atoms with Gasteiger partial charge in [-0.25, -0.2) is 4.98 Å². The number of nitrogen functional groups attached to an aromatic ring is 1. The lowest BCUT2D eigenvalue weighted by atomic mass is 9.89. The van der Waals surface area contributed by atoms with Crippen LogP contribution in [0.4, 0.5) is 5.95 Å². The highest BCUT2D eigenvalue weighted by Crippen LogP contribution is 2.49. The largest absolute Gasteiger partial charge is 0.369 e. The van der Waals surface area contributed by atoms with E-state index in [1.165, 1.54) is 25.7 Å². The summed E-state index contributed by atoms with van der Waals surface area (Å²) in [6.45, 7) is 0.957. The molecule has 4 heteroatoms. The molecule has 102 valence electrons. The molecule has 2 N–H and O–H groups in total. The number of benzene rings is 1. The Morgan fingerprint density at radius 2 is 2.25 bits per heavy atom. The number of nitriles is 1. The first-order valence-electron chi connectivity index (χ1n) is 7.40. The molecule has 0 aliphatic heterocycles. The summed E-state index contributed by atoms with van der Waals surface area (Å²) in [6, 6.07) is 7.80. The first-order chi connectivity index (χ1) is 9.74. The molecule has 2 aliphatic carbocycles. The van der Waals surface area contributed by atoms with E-state index in [0.29, 0.717) is 11.5 Å². The normalized spacial score (nSPS) is 28.1. The SMILES string of the molecule is N#Cc1ccc2nc(N)n(CC3CC4CCC3C4)c2c1. The molecule has 3 unspecified atom stereocenters. The first-order valence-corrected chi connectivity index (χ1v) is 7.40. The van der Waals surface area contributed by atoms with Gasteiger partial charge in [-0.05, 0) is 55.2 Å². The summed E-state index contributed by atoms with van der Waals surface area (Å²) in [6.07, 6.45) is 5.54. The van der Waals surface area contributed by atoms with Crippen molar-refractivity contribution in [3.05, 3.63) is 23.8 Å². The van der Waals surface area contributed by atoms with E-state index in [1.807, 2.05) is 12.1 Å². The second kappa shape index (κ2) is 4.24. The van der Waals surface area contributed by atoms with E-state index in [9.17, 15) is 0 Å². The van der Waals surface area contributed by atoms with Crippen LogP contribution < -0.4 is 5.73 Å². The molecule has 0 saturated heterocycles. The summed E-state index contributed by atoms with van der Waals surface area (Å²) in [5.41, 5.74) is 8.66. The van der Waals surface area contributed by atoms with Crippen molar-refractivity contribution in [1.82, 2.24) is 9.55 Å². The zero-order valence-electron chi connectivity index (χ0n) is 11.4. The zero-order valence-corrected chi connectivity index (χ0v) is 11.4. The van der Waals surface area contributed by atoms with Crippen molar-refractivity contribution < 1.29 is 0 Å². The molecule has 2 bridgehead atoms. The van der Waals surface area contributed by atoms with Gasteiger partial charge in [-0.2, -0.15) is 5.26 Å². The van der Waals surface area contributed by atoms with Crippen LogP contribution in [-0.4, -0.2) is 9.55 Å². The van der Waals surface area contributed by atoms with Gasteiger partial charge in [0.25, 0.3) is 0 Å². The predicted molar refractivity (Wildman–Crippen MR) is 77.8 cm³/mol. The molecule has 2 saturated carbocycles. The van der Waals surface area contributed by atoms with Gasteiger partial charge in [0.1, 0.15) is 0 Å². The summed E-state index contributed by atoms with van der Waals surface area (Å²) in [4.78, 5) is 4.42. The summed E-state index contributed by atoms with van der Waals surface area (Å²) in [5, 5.41) is 9.05. The number of rotatable bonds is 2. The van der Waals surface area contributed by atoms with Gasteiger partial charge in [0.2, 0.25) is 5.95 Å². The number of anilines is 1. The molecule has 3 atom stereocenters. The fourth-order valence-electron chi connectivity index (χ4n) is 4.24. The minimum atomic E-state index is 0.581. The van der Waals surface area contributed by atoms with Crippen LogP contribution in [0, 0.1) is 29.1 Å². The Morgan fingerprint density at radius 1 is 1.35 bits per heavy atom. The average molecular weight is 266 g/mol. The Kier molecular flexibility index (Phi) is 2.50. The van der Waals surface area contributed by atoms with Crippen molar-refractivity contribution >= 4 is 17.0 Å². The first kappa shape index (κ1) is 11.8. The number of hydrogen-bond donors (Lipinski definition) is 1. The van der Waals surface area contributed by atoms with Crippen molar-refractivity contribution in [1.29, 1.82) is 5.26 Å². The molecule has 1 aromatic carbocycles. The zero-order chi connectivity index (χ0) is 13.7. The van der Waals surface area contributed by atoms with Gasteiger partial charge in [0.15, 0.2) is 0 Å². The van der Waals surface area contributed by atoms with E-state index in [-0.39, 0.29) is 0 Å². The Hall–Kier alpha value is -2.02. The minimum Gasteiger partial charge on any atom is -0.369 e. The van der Waals surface area contributed by atoms with E-state index in [2.05, 4.69) is 15.6 Å². The summed E-state index contributed by atoms with van der Waals surface area (Å²) < 4.78 is 2.11. The molecule has 1 heterocycles. The van der Waals surface area contributed by atoms with Crippen LogP contribution >= 0.6 is 0 Å². The topological polar surface area (TPSA) is 67.6 Å². The number of hydrogen-bond acceptors (Lipinski definition) is 3. The molecular weight excluding hydrogens is 248 g/mol. The third kappa shape index (κ3) is 1.70. The molecule has 2 aliphatic rings. The average Bonchev–Trinajstić information content (AvgIpc) is 3.14. The van der Waals surface area contributed by atoms with Crippen LogP contribution in [0.25, 0.3) is 11.0 Å². The van der Waals surface area contributed by atoms with Gasteiger partial charge < -0.3 is 10.3 Å². The van der Waals surface area contributed by atoms with E-state index >= 15 is 0 Å². The van der Waals surface area contributed by atoms with E-state index < -0.39 is 0 Å². The highest BCUT2D eigenvalue weighted by Gasteiger charge is 2.39. The lowest BCUT2D eigenvalue weighted by Crippen LogP contribution is -2.18. The maximum absolute atomic E-state index is 9.05. The molecule has 20 heavy (non-hydrogen) atoms. The maximum Gasteiger partial charge on any atom is 0.201 e. The van der Waals surface area contributed by atoms with Crippen LogP contribution in [-0.2, 0) is 6.54 Å². The Bertz CT molecular complexity index is 709. The Morgan fingerprint density at radius 3 is 2.95 bits per heavy atom. The van der Waals surface area contributed by atoms with Gasteiger partial charge >= 0.3 is 0 Å². The lowest BCUT2D eigenvalue weighted by Gasteiger charge is -2.22. The second-order valence-electron chi connectivity index (χ2n) is 6.33. The molecule has 4 rings (SSSR count). The van der Waals surface area contributed by atoms with Crippen molar-refractivity contribution in [3.8, 4) is 6.07 Å². The highest BCUT2D eigenvalue weighted by atomic mass is 15.2. The molecular formula is C16H18N4. The highest BCUT2D eigenvalue weighted by molar-refractivity contribution is 5.79. The molecule has 0 amide bonds. The number of fused-ring (bicyclic) bond motifs is 3. The number of nitrogens with zero attached hydrogens (tertiary/aromatic N) is 3. The van der Waals surface area contributed by atoms with Gasteiger partial charge in [-0.1, -0.05) is 6.42 Å². The number of aromatic nitrogens is 2. The van der Waals surface area contributed by atoms with E-state index in [1.54, 1.807) is 6.07 Å². The fourth-order valence-corrected chi connectivity index (χ4v) is 4.24. The Balaban J connectivity index is 1.72. The van der Waals surface area contributed by atoms with Gasteiger partial charge in [0, 0.05) is 6.54 Å². The molecule has 2 aromatic rings. The molecule has 0 spiro atoms. The Labute approximate surface area is 118 Å². The molecule has 2 fully saturated rings. The lowest BCUT2D eigenvalue weighted by molar-refractivity contribution is 0.300. The molecule has 4 nitrogen and oxygen atoms in total. The summed E-state index contributed by atoms with van der Waals surface area (Å²) in [5.74, 6) is 3.13. The van der Waals surface area contributed by atoms with Crippen molar-refractivity contribution in [2.24, 2.45) is 17.8 Å². The summed E-state index contributed by atoms with van der Waals surface area (Å²) >= 11 is 0. The standard InChI is InChI=1S/C16H18N4/c17-8-11-2-4-14-15(7-11)20(16(18)19-14)9-13-6-10-1-3-12(13)5-10/h2,4,7,10,12-13H,1,3,5-6,9H2,(H2,18,19). The second-order valence-corrected chi connectivity index (χ2v) is 6.33. The number of nitrogens with two attached hydrogens (primary N) is 1. The minimum absolute atomic E-state index is 0.581. The molecule has 0 radical (unpaired) electrons. The van der Waals surface area contributed by atoms with E-state index in [0.717, 1.165) is 35.3 Å². The predicted octanol–water partition coefficient (Wildman–Crippen LogP) is 2.93. The van der Waals surface area contributed by atoms with E-state index in [4.69, 9.17) is 11.0 Å². The van der Waals surface area contributed by atoms with Crippen molar-refractivity contribution in [2.45, 2.75) is 32.2 Å². The smallest absolute Gasteiger partial charge is 0.201 e. The third-order valence-electron chi connectivity index (χ3n) is 5.21. The van der Waals surface area contributed by atoms with Crippen molar-refractivity contribution in [3.63, 3.8) is 0 Å². The molecule has 1 aromatic heterocycles. The van der Waals surface area contributed by atoms with Crippen LogP contribution in [0.5, 0.6) is 0 Å². The summed E-state index contributed by atoms with van der Waals surface area (Å²) in [7, 11) is 0. The number of imidazole rings is 1. The van der Waals surface area contributed by atoms with Crippen LogP contribution in [0.15, 0.2) is 18.2 Å². The van der Waals surface area contributed by atoms with Gasteiger partial charge in [0.05, 0.1) is 22.7 Å². The maximum atomic E-state index is 9.05. The monoisotopic (exact) mass is 266 g/mol. The van der Waals surface area contributed by atoms with Gasteiger partial charge in [-0.3, -0.25) is 0 Å².